The zero-order valence-corrected chi connectivity index (χ0v) is 11.1. The highest BCUT2D eigenvalue weighted by Crippen LogP contribution is 2.03. The van der Waals surface area contributed by atoms with Crippen molar-refractivity contribution in [1.29, 1.82) is 0 Å². The molecule has 0 N–H and O–H groups in total. The maximum atomic E-state index is 11.8. The van der Waals surface area contributed by atoms with E-state index in [1.165, 1.54) is 17.7 Å². The molecule has 1 rings (SSSR count). The van der Waals surface area contributed by atoms with Gasteiger partial charge < -0.3 is 14.2 Å². The van der Waals surface area contributed by atoms with Crippen molar-refractivity contribution in [3.05, 3.63) is 22.1 Å². The van der Waals surface area contributed by atoms with Crippen LogP contribution in [-0.2, 0) is 16.0 Å². The molecule has 1 heterocycles. The summed E-state index contributed by atoms with van der Waals surface area (Å²) in [5.74, 6) is 0. The Kier molecular flexibility index (Phi) is 6.38. The standard InChI is InChI=1S/C12H20N2O4/c1-10-9-11(15)14(12(13-10)17-3)5-8-18-7-4-6-16-2/h9H,4-8H2,1-3H3. The number of hydrogen-bond acceptors (Lipinski definition) is 5. The van der Waals surface area contributed by atoms with E-state index in [4.69, 9.17) is 14.2 Å². The lowest BCUT2D eigenvalue weighted by molar-refractivity contribution is 0.0956. The molecule has 0 amide bonds. The first-order chi connectivity index (χ1) is 8.69. The second-order valence-electron chi connectivity index (χ2n) is 3.83. The molecule has 0 saturated heterocycles. The van der Waals surface area contributed by atoms with Gasteiger partial charge in [0, 0.05) is 32.1 Å². The van der Waals surface area contributed by atoms with Crippen LogP contribution in [0.5, 0.6) is 6.01 Å². The smallest absolute Gasteiger partial charge is 0.299 e. The summed E-state index contributed by atoms with van der Waals surface area (Å²) in [5.41, 5.74) is 0.522. The van der Waals surface area contributed by atoms with Gasteiger partial charge in [-0.25, -0.2) is 4.98 Å². The fourth-order valence-electron chi connectivity index (χ4n) is 1.52. The molecule has 0 aliphatic heterocycles. The molecule has 102 valence electrons. The maximum Gasteiger partial charge on any atom is 0.299 e. The van der Waals surface area contributed by atoms with Gasteiger partial charge in [0.1, 0.15) is 0 Å². The Hall–Kier alpha value is -1.40. The molecule has 0 aromatic carbocycles. The molecule has 0 unspecified atom stereocenters. The summed E-state index contributed by atoms with van der Waals surface area (Å²) in [6, 6.07) is 1.80. The average molecular weight is 256 g/mol. The van der Waals surface area contributed by atoms with Gasteiger partial charge in [-0.3, -0.25) is 9.36 Å². The summed E-state index contributed by atoms with van der Waals surface area (Å²) in [6.07, 6.45) is 0.842. The number of methoxy groups -OCH3 is 2. The Morgan fingerprint density at radius 2 is 2.06 bits per heavy atom. The highest BCUT2D eigenvalue weighted by molar-refractivity contribution is 5.06. The number of rotatable bonds is 8. The summed E-state index contributed by atoms with van der Waals surface area (Å²) in [4.78, 5) is 15.9. The van der Waals surface area contributed by atoms with Crippen molar-refractivity contribution < 1.29 is 14.2 Å². The monoisotopic (exact) mass is 256 g/mol. The number of aromatic nitrogens is 2. The van der Waals surface area contributed by atoms with E-state index < -0.39 is 0 Å². The maximum absolute atomic E-state index is 11.8. The second kappa shape index (κ2) is 7.84. The van der Waals surface area contributed by atoms with Crippen LogP contribution in [0.1, 0.15) is 12.1 Å². The molecule has 1 aromatic heterocycles. The Balaban J connectivity index is 2.49. The molecule has 0 aliphatic rings. The van der Waals surface area contributed by atoms with Crippen molar-refractivity contribution in [2.45, 2.75) is 19.9 Å². The van der Waals surface area contributed by atoms with E-state index in [-0.39, 0.29) is 5.56 Å². The van der Waals surface area contributed by atoms with Gasteiger partial charge in [-0.1, -0.05) is 0 Å². The van der Waals surface area contributed by atoms with E-state index in [9.17, 15) is 4.79 Å². The van der Waals surface area contributed by atoms with Gasteiger partial charge in [-0.15, -0.1) is 0 Å². The van der Waals surface area contributed by atoms with E-state index in [2.05, 4.69) is 4.98 Å². The summed E-state index contributed by atoms with van der Waals surface area (Å²) >= 11 is 0. The topological polar surface area (TPSA) is 62.6 Å². The minimum atomic E-state index is -0.125. The molecule has 0 radical (unpaired) electrons. The molecule has 6 nitrogen and oxygen atoms in total. The van der Waals surface area contributed by atoms with E-state index in [0.717, 1.165) is 6.42 Å². The van der Waals surface area contributed by atoms with Gasteiger partial charge in [0.25, 0.3) is 11.6 Å². The zero-order chi connectivity index (χ0) is 13.4. The lowest BCUT2D eigenvalue weighted by Crippen LogP contribution is -2.24. The molecule has 0 saturated carbocycles. The minimum Gasteiger partial charge on any atom is -0.468 e. The van der Waals surface area contributed by atoms with Crippen LogP contribution >= 0.6 is 0 Å². The fraction of sp³-hybridized carbons (Fsp3) is 0.667. The molecule has 18 heavy (non-hydrogen) atoms. The van der Waals surface area contributed by atoms with Gasteiger partial charge in [0.2, 0.25) is 0 Å². The number of hydrogen-bond donors (Lipinski definition) is 0. The predicted octanol–water partition coefficient (Wildman–Crippen LogP) is 0.613. The van der Waals surface area contributed by atoms with Crippen LogP contribution in [0.2, 0.25) is 0 Å². The molecule has 0 aliphatic carbocycles. The summed E-state index contributed by atoms with van der Waals surface area (Å²) in [5, 5.41) is 0. The molecule has 0 fully saturated rings. The van der Waals surface area contributed by atoms with Crippen molar-refractivity contribution in [2.24, 2.45) is 0 Å². The Labute approximate surface area is 107 Å². The minimum absolute atomic E-state index is 0.125. The van der Waals surface area contributed by atoms with Gasteiger partial charge in [-0.2, -0.15) is 0 Å². The average Bonchev–Trinajstić information content (AvgIpc) is 2.35. The van der Waals surface area contributed by atoms with Crippen LogP contribution in [-0.4, -0.2) is 43.6 Å². The third-order valence-corrected chi connectivity index (χ3v) is 2.38. The van der Waals surface area contributed by atoms with Crippen molar-refractivity contribution in [1.82, 2.24) is 9.55 Å². The van der Waals surface area contributed by atoms with Gasteiger partial charge >= 0.3 is 0 Å². The predicted molar refractivity (Wildman–Crippen MR) is 67.1 cm³/mol. The van der Waals surface area contributed by atoms with Gasteiger partial charge in [0.15, 0.2) is 0 Å². The third kappa shape index (κ3) is 4.46. The van der Waals surface area contributed by atoms with Crippen LogP contribution in [0.3, 0.4) is 0 Å². The molecule has 0 bridgehead atoms. The molecular formula is C12H20N2O4. The summed E-state index contributed by atoms with van der Waals surface area (Å²) in [7, 11) is 3.15. The van der Waals surface area contributed by atoms with Crippen molar-refractivity contribution in [3.63, 3.8) is 0 Å². The van der Waals surface area contributed by atoms with E-state index >= 15 is 0 Å². The van der Waals surface area contributed by atoms with Crippen molar-refractivity contribution >= 4 is 0 Å². The summed E-state index contributed by atoms with van der Waals surface area (Å²) < 4.78 is 16.9. The second-order valence-corrected chi connectivity index (χ2v) is 3.83. The first kappa shape index (κ1) is 14.7. The number of ether oxygens (including phenoxy) is 3. The molecule has 1 aromatic rings. The molecule has 0 spiro atoms. The first-order valence-electron chi connectivity index (χ1n) is 5.88. The molecule has 6 heteroatoms. The Bertz CT molecular complexity index is 417. The normalized spacial score (nSPS) is 10.6. The van der Waals surface area contributed by atoms with E-state index in [0.29, 0.717) is 38.1 Å². The van der Waals surface area contributed by atoms with Gasteiger partial charge in [0.05, 0.1) is 20.3 Å². The van der Waals surface area contributed by atoms with Crippen LogP contribution in [0.15, 0.2) is 10.9 Å². The first-order valence-corrected chi connectivity index (χ1v) is 5.88. The summed E-state index contributed by atoms with van der Waals surface area (Å²) in [6.45, 7) is 3.93. The Morgan fingerprint density at radius 3 is 2.72 bits per heavy atom. The fourth-order valence-corrected chi connectivity index (χ4v) is 1.52. The SMILES string of the molecule is COCCCOCCn1c(OC)nc(C)cc1=O. The van der Waals surface area contributed by atoms with Crippen LogP contribution in [0.25, 0.3) is 0 Å². The number of nitrogens with zero attached hydrogens (tertiary/aromatic N) is 2. The van der Waals surface area contributed by atoms with Gasteiger partial charge in [-0.05, 0) is 13.3 Å². The van der Waals surface area contributed by atoms with Crippen LogP contribution in [0, 0.1) is 6.92 Å². The Morgan fingerprint density at radius 1 is 1.28 bits per heavy atom. The quantitative estimate of drug-likeness (QED) is 0.638. The van der Waals surface area contributed by atoms with Crippen molar-refractivity contribution in [3.8, 4) is 6.01 Å². The lowest BCUT2D eigenvalue weighted by Gasteiger charge is -2.11. The highest BCUT2D eigenvalue weighted by Gasteiger charge is 2.06. The zero-order valence-electron chi connectivity index (χ0n) is 11.1. The third-order valence-electron chi connectivity index (χ3n) is 2.38. The van der Waals surface area contributed by atoms with Crippen LogP contribution < -0.4 is 10.3 Å². The number of aryl methyl sites for hydroxylation is 1. The van der Waals surface area contributed by atoms with E-state index in [1.807, 2.05) is 0 Å². The van der Waals surface area contributed by atoms with E-state index in [1.54, 1.807) is 14.0 Å². The lowest BCUT2D eigenvalue weighted by atomic mass is 10.4. The molecule has 0 atom stereocenters. The van der Waals surface area contributed by atoms with Crippen molar-refractivity contribution in [2.75, 3.05) is 34.0 Å². The molecular weight excluding hydrogens is 236 g/mol. The largest absolute Gasteiger partial charge is 0.468 e. The van der Waals surface area contributed by atoms with Crippen LogP contribution in [0.4, 0.5) is 0 Å². The highest BCUT2D eigenvalue weighted by atomic mass is 16.5.